The maximum absolute atomic E-state index is 13.4. The summed E-state index contributed by atoms with van der Waals surface area (Å²) in [5, 5.41) is 3.08. The fraction of sp³-hybridized carbons (Fsp3) is 0.167. The van der Waals surface area contributed by atoms with Crippen molar-refractivity contribution in [3.63, 3.8) is 0 Å². The number of ether oxygens (including phenoxy) is 2. The Balaban J connectivity index is 1.60. The SMILES string of the molecule is COc1ccc(OC)c2c1C(=O)N(N1[C@@H](c3ccccc3)[C@@H]1c1ccccc1)C2=O. The molecule has 3 aromatic carbocycles. The molecule has 0 N–H and O–H groups in total. The van der Waals surface area contributed by atoms with Gasteiger partial charge in [0.05, 0.1) is 37.4 Å². The Morgan fingerprint density at radius 2 is 1.03 bits per heavy atom. The molecule has 0 spiro atoms. The molecule has 0 aliphatic carbocycles. The highest BCUT2D eigenvalue weighted by Gasteiger charge is 2.59. The first-order chi connectivity index (χ1) is 14.7. The Kier molecular flexibility index (Phi) is 4.29. The third-order valence-corrected chi connectivity index (χ3v) is 5.67. The van der Waals surface area contributed by atoms with Gasteiger partial charge in [-0.3, -0.25) is 9.59 Å². The summed E-state index contributed by atoms with van der Waals surface area (Å²) in [5.74, 6) is -0.0720. The quantitative estimate of drug-likeness (QED) is 0.478. The molecule has 0 radical (unpaired) electrons. The molecule has 1 fully saturated rings. The van der Waals surface area contributed by atoms with E-state index in [9.17, 15) is 9.59 Å². The van der Waals surface area contributed by atoms with Crippen molar-refractivity contribution in [1.29, 1.82) is 0 Å². The summed E-state index contributed by atoms with van der Waals surface area (Å²) < 4.78 is 10.7. The van der Waals surface area contributed by atoms with Gasteiger partial charge in [0.2, 0.25) is 0 Å². The predicted octanol–water partition coefficient (Wildman–Crippen LogP) is 4.01. The predicted molar refractivity (Wildman–Crippen MR) is 110 cm³/mol. The highest BCUT2D eigenvalue weighted by molar-refractivity contribution is 6.23. The van der Waals surface area contributed by atoms with E-state index in [0.717, 1.165) is 11.1 Å². The molecule has 6 heteroatoms. The van der Waals surface area contributed by atoms with Crippen LogP contribution in [0.2, 0.25) is 0 Å². The molecule has 2 amide bonds. The maximum atomic E-state index is 13.4. The van der Waals surface area contributed by atoms with Gasteiger partial charge in [0, 0.05) is 0 Å². The van der Waals surface area contributed by atoms with Crippen molar-refractivity contribution < 1.29 is 19.1 Å². The Hall–Kier alpha value is -3.64. The Morgan fingerprint density at radius 3 is 1.40 bits per heavy atom. The minimum atomic E-state index is -0.398. The lowest BCUT2D eigenvalue weighted by Gasteiger charge is -2.17. The van der Waals surface area contributed by atoms with Crippen molar-refractivity contribution in [3.05, 3.63) is 95.1 Å². The summed E-state index contributed by atoms with van der Waals surface area (Å²) in [6.07, 6.45) is 0. The van der Waals surface area contributed by atoms with E-state index in [4.69, 9.17) is 9.47 Å². The van der Waals surface area contributed by atoms with Gasteiger partial charge in [0.25, 0.3) is 11.8 Å². The molecule has 6 nitrogen and oxygen atoms in total. The summed E-state index contributed by atoms with van der Waals surface area (Å²) in [5.41, 5.74) is 2.57. The van der Waals surface area contributed by atoms with Crippen LogP contribution in [0, 0.1) is 0 Å². The molecule has 0 aromatic heterocycles. The van der Waals surface area contributed by atoms with Gasteiger partial charge in [-0.05, 0) is 23.3 Å². The van der Waals surface area contributed by atoms with E-state index in [2.05, 4.69) is 0 Å². The number of hydrogen-bond acceptors (Lipinski definition) is 5. The van der Waals surface area contributed by atoms with Gasteiger partial charge in [-0.1, -0.05) is 60.7 Å². The number of amides is 2. The maximum Gasteiger partial charge on any atom is 0.280 e. The zero-order valence-corrected chi connectivity index (χ0v) is 16.6. The largest absolute Gasteiger partial charge is 0.496 e. The summed E-state index contributed by atoms with van der Waals surface area (Å²) in [6, 6.07) is 22.9. The van der Waals surface area contributed by atoms with Crippen LogP contribution >= 0.6 is 0 Å². The van der Waals surface area contributed by atoms with E-state index in [-0.39, 0.29) is 23.2 Å². The van der Waals surface area contributed by atoms with Crippen LogP contribution in [-0.2, 0) is 0 Å². The lowest BCUT2D eigenvalue weighted by atomic mass is 10.0. The molecule has 3 aromatic rings. The second-order valence-corrected chi connectivity index (χ2v) is 7.23. The van der Waals surface area contributed by atoms with Crippen LogP contribution in [0.4, 0.5) is 0 Å². The number of hydrazine groups is 1. The summed E-state index contributed by atoms with van der Waals surface area (Å²) in [4.78, 5) is 26.8. The summed E-state index contributed by atoms with van der Waals surface area (Å²) in [7, 11) is 2.97. The first kappa shape index (κ1) is 18.4. The highest BCUT2D eigenvalue weighted by atomic mass is 16.5. The average molecular weight is 400 g/mol. The van der Waals surface area contributed by atoms with Gasteiger partial charge in [0.15, 0.2) is 0 Å². The Morgan fingerprint density at radius 1 is 0.633 bits per heavy atom. The lowest BCUT2D eigenvalue weighted by Crippen LogP contribution is -2.35. The number of methoxy groups -OCH3 is 2. The molecular formula is C24H20N2O4. The molecule has 5 rings (SSSR count). The smallest absolute Gasteiger partial charge is 0.280 e. The first-order valence-electron chi connectivity index (χ1n) is 9.69. The minimum Gasteiger partial charge on any atom is -0.496 e. The number of nitrogens with zero attached hydrogens (tertiary/aromatic N) is 2. The fourth-order valence-corrected chi connectivity index (χ4v) is 4.28. The van der Waals surface area contributed by atoms with Crippen molar-refractivity contribution in [2.24, 2.45) is 0 Å². The van der Waals surface area contributed by atoms with E-state index in [1.54, 1.807) is 12.1 Å². The molecule has 2 aliphatic rings. The number of benzene rings is 3. The van der Waals surface area contributed by atoms with Gasteiger partial charge in [0.1, 0.15) is 11.5 Å². The average Bonchev–Trinajstić information content (AvgIpc) is 3.47. The number of fused-ring (bicyclic) bond motifs is 1. The molecule has 1 saturated heterocycles. The van der Waals surface area contributed by atoms with Crippen LogP contribution in [0.5, 0.6) is 11.5 Å². The highest BCUT2D eigenvalue weighted by Crippen LogP contribution is 2.57. The zero-order chi connectivity index (χ0) is 20.8. The number of rotatable bonds is 5. The van der Waals surface area contributed by atoms with Crippen molar-refractivity contribution >= 4 is 11.8 Å². The molecule has 0 saturated carbocycles. The standard InChI is InChI=1S/C24H20N2O4/c1-29-17-13-14-18(30-2)20-19(17)23(27)26(24(20)28)25-21(15-9-5-3-6-10-15)22(25)16-11-7-4-8-12-16/h3-14,21-22H,1-2H3/t21-,22-/m0/s1. The molecule has 2 atom stereocenters. The van der Waals surface area contributed by atoms with Gasteiger partial charge < -0.3 is 9.47 Å². The van der Waals surface area contributed by atoms with Crippen LogP contribution in [0.3, 0.4) is 0 Å². The van der Waals surface area contributed by atoms with E-state index in [1.807, 2.05) is 65.7 Å². The molecule has 2 aliphatic heterocycles. The lowest BCUT2D eigenvalue weighted by molar-refractivity contribution is 0.0339. The first-order valence-corrected chi connectivity index (χ1v) is 9.69. The third-order valence-electron chi connectivity index (χ3n) is 5.67. The topological polar surface area (TPSA) is 58.9 Å². The fourth-order valence-electron chi connectivity index (χ4n) is 4.28. The normalized spacial score (nSPS) is 22.1. The molecule has 0 unspecified atom stereocenters. The second kappa shape index (κ2) is 7.00. The molecular weight excluding hydrogens is 380 g/mol. The molecule has 0 bridgehead atoms. The Labute approximate surface area is 174 Å². The van der Waals surface area contributed by atoms with Gasteiger partial charge in [-0.25, -0.2) is 5.01 Å². The zero-order valence-electron chi connectivity index (χ0n) is 16.6. The third kappa shape index (κ3) is 2.61. The van der Waals surface area contributed by atoms with Crippen molar-refractivity contribution in [2.45, 2.75) is 12.1 Å². The van der Waals surface area contributed by atoms with Gasteiger partial charge in [-0.15, -0.1) is 0 Å². The summed E-state index contributed by atoms with van der Waals surface area (Å²) in [6.45, 7) is 0. The van der Waals surface area contributed by atoms with Crippen LogP contribution in [0.1, 0.15) is 43.9 Å². The molecule has 2 heterocycles. The Bertz CT molecular complexity index is 1040. The summed E-state index contributed by atoms with van der Waals surface area (Å²) >= 11 is 0. The monoisotopic (exact) mass is 400 g/mol. The number of carbonyl (C=O) groups excluding carboxylic acids is 2. The minimum absolute atomic E-state index is 0.118. The molecule has 30 heavy (non-hydrogen) atoms. The number of imide groups is 1. The van der Waals surface area contributed by atoms with Crippen LogP contribution in [-0.4, -0.2) is 36.1 Å². The molecule has 150 valence electrons. The van der Waals surface area contributed by atoms with Crippen LogP contribution < -0.4 is 9.47 Å². The van der Waals surface area contributed by atoms with Crippen LogP contribution in [0.15, 0.2) is 72.8 Å². The van der Waals surface area contributed by atoms with Gasteiger partial charge >= 0.3 is 0 Å². The van der Waals surface area contributed by atoms with Crippen molar-refractivity contribution in [3.8, 4) is 11.5 Å². The second-order valence-electron chi connectivity index (χ2n) is 7.23. The van der Waals surface area contributed by atoms with Crippen LogP contribution in [0.25, 0.3) is 0 Å². The van der Waals surface area contributed by atoms with E-state index >= 15 is 0 Å². The van der Waals surface area contributed by atoms with E-state index in [1.165, 1.54) is 19.2 Å². The van der Waals surface area contributed by atoms with Crippen molar-refractivity contribution in [1.82, 2.24) is 10.0 Å². The van der Waals surface area contributed by atoms with Gasteiger partial charge in [-0.2, -0.15) is 5.01 Å². The van der Waals surface area contributed by atoms with E-state index < -0.39 is 11.8 Å². The van der Waals surface area contributed by atoms with E-state index in [0.29, 0.717) is 11.5 Å². The number of carbonyl (C=O) groups is 2. The van der Waals surface area contributed by atoms with Crippen molar-refractivity contribution in [2.75, 3.05) is 14.2 Å². The number of hydrogen-bond donors (Lipinski definition) is 0.